The number of nitrogens with two attached hydrogens (primary N) is 1. The molecule has 0 saturated carbocycles. The fraction of sp³-hybridized carbons (Fsp3) is 0.471. The van der Waals surface area contributed by atoms with Crippen LogP contribution in [0, 0.1) is 5.82 Å². The highest BCUT2D eigenvalue weighted by Gasteiger charge is 2.17. The number of rotatable bonds is 7. The van der Waals surface area contributed by atoms with Gasteiger partial charge in [-0.1, -0.05) is 25.5 Å². The zero-order chi connectivity index (χ0) is 16.1. The van der Waals surface area contributed by atoms with Gasteiger partial charge in [-0.25, -0.2) is 13.8 Å². The van der Waals surface area contributed by atoms with Gasteiger partial charge in [0.05, 0.1) is 6.20 Å². The van der Waals surface area contributed by atoms with Gasteiger partial charge in [0.2, 0.25) is 0 Å². The number of H-pyrrole nitrogens is 1. The van der Waals surface area contributed by atoms with Crippen molar-refractivity contribution in [3.8, 4) is 0 Å². The van der Waals surface area contributed by atoms with Crippen LogP contribution >= 0.6 is 0 Å². The number of allylic oxidation sites excluding steroid dienone is 1. The van der Waals surface area contributed by atoms with E-state index in [0.29, 0.717) is 5.65 Å². The average molecular weight is 307 g/mol. The van der Waals surface area contributed by atoms with E-state index in [4.69, 9.17) is 5.73 Å². The molecule has 1 unspecified atom stereocenters. The number of pyridine rings is 1. The molecule has 0 aliphatic rings. The molecule has 2 aromatic heterocycles. The molecule has 2 rings (SSSR count). The van der Waals surface area contributed by atoms with Gasteiger partial charge >= 0.3 is 0 Å². The van der Waals surface area contributed by atoms with Gasteiger partial charge in [-0.15, -0.1) is 0 Å². The van der Waals surface area contributed by atoms with Crippen molar-refractivity contribution in [3.63, 3.8) is 0 Å². The molecule has 2 aromatic rings. The van der Waals surface area contributed by atoms with Crippen LogP contribution in [0.25, 0.3) is 11.0 Å². The quantitative estimate of drug-likeness (QED) is 0.753. The van der Waals surface area contributed by atoms with E-state index in [2.05, 4.69) is 16.9 Å². The van der Waals surface area contributed by atoms with Crippen molar-refractivity contribution in [3.05, 3.63) is 41.5 Å². The molecule has 3 N–H and O–H groups in total. The molecule has 2 atom stereocenters. The summed E-state index contributed by atoms with van der Waals surface area (Å²) in [6.07, 6.45) is 6.03. The maximum absolute atomic E-state index is 13.5. The molecule has 0 radical (unpaired) electrons. The number of nitrogens with zero attached hydrogens (tertiary/aromatic N) is 1. The first-order valence-electron chi connectivity index (χ1n) is 7.75. The Kier molecular flexibility index (Phi) is 5.66. The lowest BCUT2D eigenvalue weighted by Gasteiger charge is -2.17. The molecule has 2 heterocycles. The smallest absolute Gasteiger partial charge is 0.142 e. The molecule has 0 amide bonds. The van der Waals surface area contributed by atoms with Gasteiger partial charge in [0.25, 0.3) is 0 Å². The Hall–Kier alpha value is -1.75. The van der Waals surface area contributed by atoms with E-state index in [1.54, 1.807) is 6.08 Å². The van der Waals surface area contributed by atoms with E-state index in [1.807, 2.05) is 13.1 Å². The Morgan fingerprint density at radius 3 is 2.86 bits per heavy atom. The summed E-state index contributed by atoms with van der Waals surface area (Å²) in [5.74, 6) is -0.144. The third-order valence-corrected chi connectivity index (χ3v) is 4.07. The molecule has 0 fully saturated rings. The fourth-order valence-corrected chi connectivity index (χ4v) is 2.78. The number of nitrogens with one attached hydrogen (secondary N) is 1. The van der Waals surface area contributed by atoms with Gasteiger partial charge < -0.3 is 10.7 Å². The molecular formula is C17H23F2N3. The number of fused-ring (bicyclic) bond motifs is 1. The van der Waals surface area contributed by atoms with Gasteiger partial charge in [-0.3, -0.25) is 0 Å². The minimum Gasteiger partial charge on any atom is -0.346 e. The number of hydrogen-bond donors (Lipinski definition) is 2. The molecule has 22 heavy (non-hydrogen) atoms. The van der Waals surface area contributed by atoms with Crippen molar-refractivity contribution in [1.82, 2.24) is 9.97 Å². The van der Waals surface area contributed by atoms with E-state index >= 15 is 0 Å². The monoisotopic (exact) mass is 307 g/mol. The molecule has 0 spiro atoms. The third kappa shape index (κ3) is 3.71. The first kappa shape index (κ1) is 16.6. The second kappa shape index (κ2) is 7.49. The molecule has 0 saturated heterocycles. The van der Waals surface area contributed by atoms with Crippen LogP contribution < -0.4 is 5.73 Å². The molecule has 120 valence electrons. The van der Waals surface area contributed by atoms with Gasteiger partial charge in [0.1, 0.15) is 17.6 Å². The van der Waals surface area contributed by atoms with Crippen LogP contribution in [0.1, 0.15) is 44.6 Å². The van der Waals surface area contributed by atoms with Crippen LogP contribution in [-0.4, -0.2) is 22.7 Å². The lowest BCUT2D eigenvalue weighted by Crippen LogP contribution is -2.13. The molecule has 0 aliphatic heterocycles. The van der Waals surface area contributed by atoms with Gasteiger partial charge in [0.15, 0.2) is 0 Å². The number of aromatic nitrogens is 2. The zero-order valence-electron chi connectivity index (χ0n) is 13.1. The van der Waals surface area contributed by atoms with Crippen molar-refractivity contribution in [2.24, 2.45) is 5.73 Å². The summed E-state index contributed by atoms with van der Waals surface area (Å²) in [6.45, 7) is 4.10. The van der Waals surface area contributed by atoms with E-state index in [9.17, 15) is 8.78 Å². The van der Waals surface area contributed by atoms with Crippen LogP contribution in [0.3, 0.4) is 0 Å². The second-order valence-electron chi connectivity index (χ2n) is 5.53. The number of halogens is 2. The summed E-state index contributed by atoms with van der Waals surface area (Å²) in [5, 5.41) is 0.804. The molecular weight excluding hydrogens is 284 g/mol. The Balaban J connectivity index is 2.30. The van der Waals surface area contributed by atoms with Crippen LogP contribution in [-0.2, 0) is 0 Å². The largest absolute Gasteiger partial charge is 0.346 e. The first-order valence-corrected chi connectivity index (χ1v) is 7.75. The summed E-state index contributed by atoms with van der Waals surface area (Å²) in [4.78, 5) is 7.14. The SMILES string of the molecule is CC/C(=C/C(F)CN)C[C@H](CC)c1c[nH]c2ncc(F)cc12. The lowest BCUT2D eigenvalue weighted by atomic mass is 9.88. The first-order chi connectivity index (χ1) is 10.6. The maximum atomic E-state index is 13.5. The minimum atomic E-state index is -1.10. The highest BCUT2D eigenvalue weighted by molar-refractivity contribution is 5.80. The maximum Gasteiger partial charge on any atom is 0.142 e. The standard InChI is InChI=1S/C17H23F2N3/c1-3-11(6-13(18)8-20)5-12(4-2)16-10-22-17-15(16)7-14(19)9-21-17/h6-7,9-10,12-13H,3-5,8,20H2,1-2H3,(H,21,22)/b11-6-/t12-,13?/m0/s1. The van der Waals surface area contributed by atoms with Crippen molar-refractivity contribution in [2.75, 3.05) is 6.54 Å². The minimum absolute atomic E-state index is 0.00249. The van der Waals surface area contributed by atoms with Crippen LogP contribution in [0.2, 0.25) is 0 Å². The fourth-order valence-electron chi connectivity index (χ4n) is 2.78. The Morgan fingerprint density at radius 1 is 1.45 bits per heavy atom. The van der Waals surface area contributed by atoms with Crippen LogP contribution in [0.4, 0.5) is 8.78 Å². The normalized spacial score (nSPS) is 15.2. The Labute approximate surface area is 129 Å². The van der Waals surface area contributed by atoms with Gasteiger partial charge in [-0.05, 0) is 36.8 Å². The average Bonchev–Trinajstić information content (AvgIpc) is 2.94. The van der Waals surface area contributed by atoms with Crippen molar-refractivity contribution >= 4 is 11.0 Å². The van der Waals surface area contributed by atoms with E-state index in [1.165, 1.54) is 12.3 Å². The number of hydrogen-bond acceptors (Lipinski definition) is 2. The Morgan fingerprint density at radius 2 is 2.23 bits per heavy atom. The summed E-state index contributed by atoms with van der Waals surface area (Å²) < 4.78 is 27.0. The molecule has 0 aliphatic carbocycles. The van der Waals surface area contributed by atoms with Crippen molar-refractivity contribution in [2.45, 2.75) is 45.2 Å². The van der Waals surface area contributed by atoms with Crippen LogP contribution in [0.15, 0.2) is 30.1 Å². The van der Waals surface area contributed by atoms with Crippen molar-refractivity contribution < 1.29 is 8.78 Å². The second-order valence-corrected chi connectivity index (χ2v) is 5.53. The van der Waals surface area contributed by atoms with Crippen molar-refractivity contribution in [1.29, 1.82) is 0 Å². The molecule has 5 heteroatoms. The number of alkyl halides is 1. The topological polar surface area (TPSA) is 54.7 Å². The number of aromatic amines is 1. The van der Waals surface area contributed by atoms with Crippen LogP contribution in [0.5, 0.6) is 0 Å². The van der Waals surface area contributed by atoms with E-state index < -0.39 is 6.17 Å². The van der Waals surface area contributed by atoms with E-state index in [0.717, 1.165) is 35.8 Å². The third-order valence-electron chi connectivity index (χ3n) is 4.07. The summed E-state index contributed by atoms with van der Waals surface area (Å²) in [7, 11) is 0. The van der Waals surface area contributed by atoms with Gasteiger partial charge in [0, 0.05) is 18.1 Å². The molecule has 3 nitrogen and oxygen atoms in total. The highest BCUT2D eigenvalue weighted by Crippen LogP contribution is 2.33. The zero-order valence-corrected chi connectivity index (χ0v) is 13.1. The van der Waals surface area contributed by atoms with E-state index in [-0.39, 0.29) is 18.3 Å². The summed E-state index contributed by atoms with van der Waals surface area (Å²) in [5.41, 5.74) is 8.11. The molecule has 0 bridgehead atoms. The highest BCUT2D eigenvalue weighted by atomic mass is 19.1. The predicted octanol–water partition coefficient (Wildman–Crippen LogP) is 4.22. The Bertz CT molecular complexity index is 648. The molecule has 0 aromatic carbocycles. The van der Waals surface area contributed by atoms with Gasteiger partial charge in [-0.2, -0.15) is 0 Å². The lowest BCUT2D eigenvalue weighted by molar-refractivity contribution is 0.404. The summed E-state index contributed by atoms with van der Waals surface area (Å²) >= 11 is 0. The summed E-state index contributed by atoms with van der Waals surface area (Å²) in [6, 6.07) is 1.50. The predicted molar refractivity (Wildman–Crippen MR) is 86.0 cm³/mol.